The predicted octanol–water partition coefficient (Wildman–Crippen LogP) is 4.45. The van der Waals surface area contributed by atoms with E-state index in [0.29, 0.717) is 0 Å². The molecule has 17 heavy (non-hydrogen) atoms. The molecule has 1 aliphatic carbocycles. The van der Waals surface area contributed by atoms with Crippen LogP contribution in [-0.2, 0) is 6.42 Å². The number of benzene rings is 2. The average Bonchev–Trinajstić information content (AvgIpc) is 2.76. The number of hydrogen-bond acceptors (Lipinski definition) is 0. The van der Waals surface area contributed by atoms with E-state index in [-0.39, 0.29) is 0 Å². The molecule has 1 unspecified atom stereocenters. The maximum absolute atomic E-state index is 13.8. The molecule has 0 saturated heterocycles. The predicted molar refractivity (Wildman–Crippen MR) is 68.7 cm³/mol. The van der Waals surface area contributed by atoms with Gasteiger partial charge < -0.3 is 0 Å². The van der Waals surface area contributed by atoms with Crippen molar-refractivity contribution in [2.24, 2.45) is 0 Å². The summed E-state index contributed by atoms with van der Waals surface area (Å²) in [6, 6.07) is 14.1. The van der Waals surface area contributed by atoms with E-state index >= 15 is 0 Å². The minimum atomic E-state index is -1.07. The Hall–Kier alpha value is -1.89. The van der Waals surface area contributed by atoms with E-state index < -0.39 is 6.17 Å². The largest absolute Gasteiger partial charge is 0.238 e. The van der Waals surface area contributed by atoms with E-state index in [1.165, 1.54) is 22.8 Å². The summed E-state index contributed by atoms with van der Waals surface area (Å²) < 4.78 is 13.8. The van der Waals surface area contributed by atoms with Crippen molar-refractivity contribution in [3.05, 3.63) is 71.8 Å². The fraction of sp³-hybridized carbons (Fsp3) is 0.125. The Morgan fingerprint density at radius 1 is 1.06 bits per heavy atom. The average molecular weight is 224 g/mol. The monoisotopic (exact) mass is 224 g/mol. The highest BCUT2D eigenvalue weighted by atomic mass is 19.1. The van der Waals surface area contributed by atoms with E-state index in [2.05, 4.69) is 24.8 Å². The SMILES string of the molecule is C=CC(F)c1cccc2c1Cc1ccccc1-2. The summed E-state index contributed by atoms with van der Waals surface area (Å²) in [6.45, 7) is 3.54. The molecule has 0 aromatic heterocycles. The lowest BCUT2D eigenvalue weighted by Crippen LogP contribution is -1.94. The molecule has 0 saturated carbocycles. The van der Waals surface area contributed by atoms with Crippen LogP contribution in [0.2, 0.25) is 0 Å². The van der Waals surface area contributed by atoms with Gasteiger partial charge in [0.25, 0.3) is 0 Å². The molecule has 1 atom stereocenters. The quantitative estimate of drug-likeness (QED) is 0.564. The summed E-state index contributed by atoms with van der Waals surface area (Å²) in [4.78, 5) is 0. The second kappa shape index (κ2) is 3.85. The Bertz CT molecular complexity index is 584. The first-order valence-corrected chi connectivity index (χ1v) is 5.78. The van der Waals surface area contributed by atoms with Gasteiger partial charge in [0.05, 0.1) is 0 Å². The molecule has 2 aromatic carbocycles. The second-order valence-electron chi connectivity index (χ2n) is 4.34. The van der Waals surface area contributed by atoms with Gasteiger partial charge in [-0.3, -0.25) is 0 Å². The normalized spacial score (nSPS) is 13.9. The van der Waals surface area contributed by atoms with Crippen LogP contribution in [0, 0.1) is 0 Å². The molecule has 0 heterocycles. The molecule has 3 rings (SSSR count). The summed E-state index contributed by atoms with van der Waals surface area (Å²) in [5, 5.41) is 0. The Balaban J connectivity index is 2.20. The minimum absolute atomic E-state index is 0.758. The molecule has 0 spiro atoms. The van der Waals surface area contributed by atoms with E-state index in [1.807, 2.05) is 24.3 Å². The third-order valence-electron chi connectivity index (χ3n) is 3.39. The number of hydrogen-bond donors (Lipinski definition) is 0. The van der Waals surface area contributed by atoms with E-state index in [9.17, 15) is 4.39 Å². The number of fused-ring (bicyclic) bond motifs is 3. The Labute approximate surface area is 100 Å². The maximum atomic E-state index is 13.8. The molecule has 1 heteroatoms. The van der Waals surface area contributed by atoms with Crippen LogP contribution >= 0.6 is 0 Å². The van der Waals surface area contributed by atoms with Crippen LogP contribution < -0.4 is 0 Å². The summed E-state index contributed by atoms with van der Waals surface area (Å²) in [6.07, 6.45) is 1.12. The molecule has 2 aromatic rings. The lowest BCUT2D eigenvalue weighted by molar-refractivity contribution is 0.413. The van der Waals surface area contributed by atoms with Crippen LogP contribution in [0.1, 0.15) is 22.9 Å². The first kappa shape index (κ1) is 10.3. The highest BCUT2D eigenvalue weighted by Crippen LogP contribution is 2.40. The Kier molecular flexibility index (Phi) is 2.32. The van der Waals surface area contributed by atoms with Crippen LogP contribution in [0.5, 0.6) is 0 Å². The van der Waals surface area contributed by atoms with Crippen LogP contribution in [0.3, 0.4) is 0 Å². The van der Waals surface area contributed by atoms with Crippen molar-refractivity contribution >= 4 is 0 Å². The van der Waals surface area contributed by atoms with Crippen molar-refractivity contribution in [2.45, 2.75) is 12.6 Å². The zero-order valence-corrected chi connectivity index (χ0v) is 9.49. The Morgan fingerprint density at radius 2 is 1.82 bits per heavy atom. The van der Waals surface area contributed by atoms with Crippen molar-refractivity contribution in [1.82, 2.24) is 0 Å². The molecular weight excluding hydrogens is 211 g/mol. The highest BCUT2D eigenvalue weighted by Gasteiger charge is 2.22. The molecule has 0 fully saturated rings. The maximum Gasteiger partial charge on any atom is 0.143 e. The standard InChI is InChI=1S/C16H13F/c1-2-16(17)14-9-5-8-13-12-7-4-3-6-11(12)10-15(13)14/h2-9,16H,1,10H2. The molecule has 0 bridgehead atoms. The van der Waals surface area contributed by atoms with Gasteiger partial charge in [-0.05, 0) is 34.2 Å². The first-order valence-electron chi connectivity index (χ1n) is 5.78. The smallest absolute Gasteiger partial charge is 0.143 e. The number of halogens is 1. The van der Waals surface area contributed by atoms with Crippen LogP contribution in [-0.4, -0.2) is 0 Å². The van der Waals surface area contributed by atoms with Crippen molar-refractivity contribution in [1.29, 1.82) is 0 Å². The fourth-order valence-electron chi connectivity index (χ4n) is 2.57. The summed E-state index contributed by atoms with van der Waals surface area (Å²) in [5.41, 5.74) is 5.56. The van der Waals surface area contributed by atoms with Gasteiger partial charge in [-0.15, -0.1) is 0 Å². The van der Waals surface area contributed by atoms with Crippen molar-refractivity contribution in [3.63, 3.8) is 0 Å². The summed E-state index contributed by atoms with van der Waals surface area (Å²) in [5.74, 6) is 0. The van der Waals surface area contributed by atoms with Crippen molar-refractivity contribution in [2.75, 3.05) is 0 Å². The van der Waals surface area contributed by atoms with Gasteiger partial charge in [0, 0.05) is 0 Å². The topological polar surface area (TPSA) is 0 Å². The molecule has 0 N–H and O–H groups in total. The molecule has 0 radical (unpaired) electrons. The number of rotatable bonds is 2. The van der Waals surface area contributed by atoms with Gasteiger partial charge in [-0.1, -0.05) is 55.1 Å². The second-order valence-corrected chi connectivity index (χ2v) is 4.34. The van der Waals surface area contributed by atoms with Crippen LogP contribution in [0.15, 0.2) is 55.1 Å². The zero-order chi connectivity index (χ0) is 11.8. The lowest BCUT2D eigenvalue weighted by Gasteiger charge is -2.09. The van der Waals surface area contributed by atoms with Gasteiger partial charge in [-0.2, -0.15) is 0 Å². The van der Waals surface area contributed by atoms with E-state index in [4.69, 9.17) is 0 Å². The van der Waals surface area contributed by atoms with E-state index in [1.54, 1.807) is 0 Å². The van der Waals surface area contributed by atoms with Gasteiger partial charge in [0.1, 0.15) is 6.17 Å². The van der Waals surface area contributed by atoms with Crippen LogP contribution in [0.25, 0.3) is 11.1 Å². The third kappa shape index (κ3) is 1.50. The molecule has 0 nitrogen and oxygen atoms in total. The molecule has 84 valence electrons. The van der Waals surface area contributed by atoms with Gasteiger partial charge >= 0.3 is 0 Å². The number of allylic oxidation sites excluding steroid dienone is 1. The Morgan fingerprint density at radius 3 is 2.65 bits per heavy atom. The van der Waals surface area contributed by atoms with Crippen molar-refractivity contribution < 1.29 is 4.39 Å². The highest BCUT2D eigenvalue weighted by molar-refractivity contribution is 5.78. The molecule has 0 aliphatic heterocycles. The van der Waals surface area contributed by atoms with Crippen molar-refractivity contribution in [3.8, 4) is 11.1 Å². The summed E-state index contributed by atoms with van der Waals surface area (Å²) >= 11 is 0. The van der Waals surface area contributed by atoms with Crippen LogP contribution in [0.4, 0.5) is 4.39 Å². The van der Waals surface area contributed by atoms with Gasteiger partial charge in [0.15, 0.2) is 0 Å². The van der Waals surface area contributed by atoms with Gasteiger partial charge in [-0.25, -0.2) is 4.39 Å². The fourth-order valence-corrected chi connectivity index (χ4v) is 2.57. The minimum Gasteiger partial charge on any atom is -0.238 e. The molecular formula is C16H13F. The van der Waals surface area contributed by atoms with E-state index in [0.717, 1.165) is 17.5 Å². The first-order chi connectivity index (χ1) is 8.31. The molecule has 1 aliphatic rings. The third-order valence-corrected chi connectivity index (χ3v) is 3.39. The summed E-state index contributed by atoms with van der Waals surface area (Å²) in [7, 11) is 0. The number of alkyl halides is 1. The molecule has 0 amide bonds. The van der Waals surface area contributed by atoms with Gasteiger partial charge in [0.2, 0.25) is 0 Å². The zero-order valence-electron chi connectivity index (χ0n) is 9.49. The lowest BCUT2D eigenvalue weighted by atomic mass is 9.98.